The van der Waals surface area contributed by atoms with Crippen LogP contribution in [0.15, 0.2) is 46.0 Å². The van der Waals surface area contributed by atoms with Crippen LogP contribution >= 0.6 is 15.9 Å². The summed E-state index contributed by atoms with van der Waals surface area (Å²) in [6, 6.07) is 9.39. The molecule has 25 heavy (non-hydrogen) atoms. The van der Waals surface area contributed by atoms with Crippen LogP contribution in [0.4, 0.5) is 4.39 Å². The largest absolute Gasteiger partial charge is 0.493 e. The third kappa shape index (κ3) is 4.57. The summed E-state index contributed by atoms with van der Waals surface area (Å²) in [6.45, 7) is 3.94. The zero-order chi connectivity index (χ0) is 18.4. The lowest BCUT2D eigenvalue weighted by Gasteiger charge is -2.13. The fourth-order valence-corrected chi connectivity index (χ4v) is 2.71. The zero-order valence-electron chi connectivity index (χ0n) is 14.1. The second-order valence-electron chi connectivity index (χ2n) is 5.04. The predicted octanol–water partition coefficient (Wildman–Crippen LogP) is 4.15. The number of nitrogens with zero attached hydrogens (tertiary/aromatic N) is 1. The summed E-state index contributed by atoms with van der Waals surface area (Å²) in [4.78, 5) is 12.3. The minimum absolute atomic E-state index is 0.327. The highest BCUT2D eigenvalue weighted by Crippen LogP contribution is 2.36. The van der Waals surface area contributed by atoms with Gasteiger partial charge in [0.1, 0.15) is 5.82 Å². The quantitative estimate of drug-likeness (QED) is 0.576. The lowest BCUT2D eigenvalue weighted by molar-refractivity contribution is 0.0954. The van der Waals surface area contributed by atoms with E-state index in [-0.39, 0.29) is 0 Å². The fraction of sp³-hybridized carbons (Fsp3) is 0.222. The van der Waals surface area contributed by atoms with Crippen LogP contribution in [0.2, 0.25) is 0 Å². The molecule has 0 heterocycles. The summed E-state index contributed by atoms with van der Waals surface area (Å²) < 4.78 is 25.1. The Balaban J connectivity index is 2.22. The van der Waals surface area contributed by atoms with Gasteiger partial charge in [-0.3, -0.25) is 4.79 Å². The Bertz CT molecular complexity index is 809. The van der Waals surface area contributed by atoms with Crippen molar-refractivity contribution in [2.45, 2.75) is 13.8 Å². The van der Waals surface area contributed by atoms with E-state index >= 15 is 0 Å². The van der Waals surface area contributed by atoms with E-state index in [0.29, 0.717) is 39.4 Å². The molecule has 0 spiro atoms. The van der Waals surface area contributed by atoms with Gasteiger partial charge in [0.25, 0.3) is 5.91 Å². The number of hydrazone groups is 1. The summed E-state index contributed by atoms with van der Waals surface area (Å²) in [5.74, 6) is 0.102. The average molecular weight is 409 g/mol. The lowest BCUT2D eigenvalue weighted by Crippen LogP contribution is -2.20. The highest BCUT2D eigenvalue weighted by Gasteiger charge is 2.15. The van der Waals surface area contributed by atoms with E-state index in [1.807, 2.05) is 6.92 Å². The third-order valence-electron chi connectivity index (χ3n) is 3.37. The molecule has 0 aromatic heterocycles. The Labute approximate surface area is 154 Å². The Kier molecular flexibility index (Phi) is 6.52. The Morgan fingerprint density at radius 3 is 2.68 bits per heavy atom. The topological polar surface area (TPSA) is 59.9 Å². The van der Waals surface area contributed by atoms with E-state index in [1.165, 1.54) is 13.2 Å². The summed E-state index contributed by atoms with van der Waals surface area (Å²) in [5.41, 5.74) is 3.44. The maximum Gasteiger partial charge on any atom is 0.271 e. The van der Waals surface area contributed by atoms with Gasteiger partial charge in [0.2, 0.25) is 0 Å². The molecule has 0 aliphatic carbocycles. The van der Waals surface area contributed by atoms with Gasteiger partial charge in [-0.2, -0.15) is 5.10 Å². The Hall–Kier alpha value is -2.41. The van der Waals surface area contributed by atoms with Crippen LogP contribution in [0.25, 0.3) is 0 Å². The van der Waals surface area contributed by atoms with Crippen LogP contribution in [-0.4, -0.2) is 25.3 Å². The van der Waals surface area contributed by atoms with Crippen LogP contribution in [0.3, 0.4) is 0 Å². The van der Waals surface area contributed by atoms with Crippen molar-refractivity contribution in [1.82, 2.24) is 5.43 Å². The first-order chi connectivity index (χ1) is 12.0. The number of methoxy groups -OCH3 is 1. The molecule has 7 heteroatoms. The zero-order valence-corrected chi connectivity index (χ0v) is 15.7. The van der Waals surface area contributed by atoms with Crippen molar-refractivity contribution in [3.8, 4) is 11.5 Å². The fourth-order valence-electron chi connectivity index (χ4n) is 2.15. The van der Waals surface area contributed by atoms with Gasteiger partial charge in [-0.15, -0.1) is 0 Å². The third-order valence-corrected chi connectivity index (χ3v) is 3.96. The van der Waals surface area contributed by atoms with Gasteiger partial charge in [0, 0.05) is 11.1 Å². The van der Waals surface area contributed by atoms with E-state index in [0.717, 1.165) is 0 Å². The normalized spacial score (nSPS) is 11.2. The number of halogens is 2. The maximum atomic E-state index is 13.7. The SMILES string of the molecule is CCOc1c(Br)cc(C(=O)N/N=C(/C)c2ccccc2F)cc1OC. The highest BCUT2D eigenvalue weighted by molar-refractivity contribution is 9.10. The molecule has 0 aliphatic rings. The monoisotopic (exact) mass is 408 g/mol. The maximum absolute atomic E-state index is 13.7. The number of amides is 1. The Morgan fingerprint density at radius 2 is 2.04 bits per heavy atom. The van der Waals surface area contributed by atoms with Crippen LogP contribution in [0, 0.1) is 5.82 Å². The molecule has 1 amide bonds. The summed E-state index contributed by atoms with van der Waals surface area (Å²) in [6.07, 6.45) is 0. The van der Waals surface area contributed by atoms with Gasteiger partial charge in [0.05, 0.1) is 23.9 Å². The van der Waals surface area contributed by atoms with Crippen molar-refractivity contribution in [3.05, 3.63) is 57.8 Å². The van der Waals surface area contributed by atoms with Crippen LogP contribution in [0.1, 0.15) is 29.8 Å². The minimum atomic E-state index is -0.447. The number of carbonyl (C=O) groups excluding carboxylic acids is 1. The van der Waals surface area contributed by atoms with Crippen LogP contribution in [0.5, 0.6) is 11.5 Å². The van der Waals surface area contributed by atoms with Gasteiger partial charge in [0.15, 0.2) is 11.5 Å². The van der Waals surface area contributed by atoms with Gasteiger partial charge in [-0.05, 0) is 48.0 Å². The minimum Gasteiger partial charge on any atom is -0.493 e. The molecular formula is C18H18BrFN2O3. The molecule has 1 N–H and O–H groups in total. The van der Waals surface area contributed by atoms with E-state index in [2.05, 4.69) is 26.5 Å². The standard InChI is InChI=1S/C18H18BrFN2O3/c1-4-25-17-14(19)9-12(10-16(17)24-3)18(23)22-21-11(2)13-7-5-6-8-15(13)20/h5-10H,4H2,1-3H3,(H,22,23)/b21-11-. The first kappa shape index (κ1) is 18.9. The Morgan fingerprint density at radius 1 is 1.32 bits per heavy atom. The lowest BCUT2D eigenvalue weighted by atomic mass is 10.1. The van der Waals surface area contributed by atoms with Gasteiger partial charge in [-0.1, -0.05) is 18.2 Å². The van der Waals surface area contributed by atoms with Crippen molar-refractivity contribution >= 4 is 27.5 Å². The van der Waals surface area contributed by atoms with E-state index in [9.17, 15) is 9.18 Å². The van der Waals surface area contributed by atoms with Crippen molar-refractivity contribution < 1.29 is 18.7 Å². The number of ether oxygens (including phenoxy) is 2. The molecule has 2 aromatic carbocycles. The first-order valence-corrected chi connectivity index (χ1v) is 8.37. The molecule has 0 saturated heterocycles. The van der Waals surface area contributed by atoms with Crippen LogP contribution in [-0.2, 0) is 0 Å². The molecule has 0 radical (unpaired) electrons. The van der Waals surface area contributed by atoms with Crippen molar-refractivity contribution in [2.75, 3.05) is 13.7 Å². The highest BCUT2D eigenvalue weighted by atomic mass is 79.9. The van der Waals surface area contributed by atoms with Crippen LogP contribution < -0.4 is 14.9 Å². The molecule has 0 atom stereocenters. The number of nitrogens with one attached hydrogen (secondary N) is 1. The molecule has 132 valence electrons. The second kappa shape index (κ2) is 8.62. The molecular weight excluding hydrogens is 391 g/mol. The average Bonchev–Trinajstić information content (AvgIpc) is 2.61. The number of rotatable bonds is 6. The molecule has 2 aromatic rings. The number of hydrogen-bond donors (Lipinski definition) is 1. The molecule has 0 unspecified atom stereocenters. The number of carbonyl (C=O) groups is 1. The predicted molar refractivity (Wildman–Crippen MR) is 97.9 cm³/mol. The molecule has 5 nitrogen and oxygen atoms in total. The van der Waals surface area contributed by atoms with E-state index < -0.39 is 11.7 Å². The van der Waals surface area contributed by atoms with Gasteiger partial charge < -0.3 is 9.47 Å². The molecule has 2 rings (SSSR count). The number of hydrogen-bond acceptors (Lipinski definition) is 4. The first-order valence-electron chi connectivity index (χ1n) is 7.57. The molecule has 0 saturated carbocycles. The smallest absolute Gasteiger partial charge is 0.271 e. The molecule has 0 fully saturated rings. The summed E-state index contributed by atoms with van der Waals surface area (Å²) >= 11 is 3.36. The van der Waals surface area contributed by atoms with E-state index in [4.69, 9.17) is 9.47 Å². The van der Waals surface area contributed by atoms with E-state index in [1.54, 1.807) is 37.3 Å². The number of benzene rings is 2. The van der Waals surface area contributed by atoms with Crippen molar-refractivity contribution in [1.29, 1.82) is 0 Å². The molecule has 0 aliphatic heterocycles. The van der Waals surface area contributed by atoms with Crippen molar-refractivity contribution in [2.24, 2.45) is 5.10 Å². The summed E-state index contributed by atoms with van der Waals surface area (Å²) in [7, 11) is 1.49. The van der Waals surface area contributed by atoms with Crippen molar-refractivity contribution in [3.63, 3.8) is 0 Å². The van der Waals surface area contributed by atoms with Gasteiger partial charge in [-0.25, -0.2) is 9.82 Å². The second-order valence-corrected chi connectivity index (χ2v) is 5.89. The van der Waals surface area contributed by atoms with Gasteiger partial charge >= 0.3 is 0 Å². The molecule has 0 bridgehead atoms. The summed E-state index contributed by atoms with van der Waals surface area (Å²) in [5, 5.41) is 3.97.